The molecule has 0 spiro atoms. The van der Waals surface area contributed by atoms with E-state index in [1.54, 1.807) is 37.3 Å². The number of rotatable bonds is 3. The van der Waals surface area contributed by atoms with Gasteiger partial charge in [-0.15, -0.1) is 0 Å². The van der Waals surface area contributed by atoms with Crippen molar-refractivity contribution in [3.63, 3.8) is 0 Å². The fourth-order valence-corrected chi connectivity index (χ4v) is 3.96. The van der Waals surface area contributed by atoms with E-state index < -0.39 is 16.7 Å². The van der Waals surface area contributed by atoms with Crippen LogP contribution >= 0.6 is 0 Å². The van der Waals surface area contributed by atoms with Gasteiger partial charge in [0.2, 0.25) is 0 Å². The lowest BCUT2D eigenvalue weighted by Gasteiger charge is -2.08. The fraction of sp³-hybridized carbons (Fsp3) is 0.188. The maximum absolute atomic E-state index is 13.1. The van der Waals surface area contributed by atoms with Crippen molar-refractivity contribution in [2.45, 2.75) is 25.4 Å². The first-order valence-corrected chi connectivity index (χ1v) is 8.23. The first-order chi connectivity index (χ1) is 10.4. The molecule has 3 aromatic rings. The van der Waals surface area contributed by atoms with Crippen LogP contribution in [0.25, 0.3) is 10.9 Å². The monoisotopic (exact) mass is 318 g/mol. The molecule has 0 saturated carbocycles. The van der Waals surface area contributed by atoms with Crippen LogP contribution in [0.2, 0.25) is 0 Å². The van der Waals surface area contributed by atoms with E-state index in [0.717, 1.165) is 5.56 Å². The van der Waals surface area contributed by atoms with Gasteiger partial charge in [0.05, 0.1) is 16.1 Å². The van der Waals surface area contributed by atoms with Crippen molar-refractivity contribution in [2.75, 3.05) is 0 Å². The molecule has 0 aliphatic carbocycles. The number of aryl methyl sites for hydroxylation is 2. The first kappa shape index (κ1) is 14.7. The molecule has 0 aliphatic rings. The molecule has 0 bridgehead atoms. The average Bonchev–Trinajstić information content (AvgIpc) is 2.86. The summed E-state index contributed by atoms with van der Waals surface area (Å²) >= 11 is 0. The van der Waals surface area contributed by atoms with Gasteiger partial charge in [-0.05, 0) is 37.6 Å². The molecule has 0 radical (unpaired) electrons. The van der Waals surface area contributed by atoms with Crippen molar-refractivity contribution in [3.05, 3.63) is 59.5 Å². The van der Waals surface area contributed by atoms with Crippen LogP contribution in [-0.2, 0) is 16.7 Å². The van der Waals surface area contributed by atoms with Gasteiger partial charge in [0.1, 0.15) is 6.67 Å². The molecular weight excluding hydrogens is 303 g/mol. The highest BCUT2D eigenvalue weighted by molar-refractivity contribution is 7.90. The third-order valence-corrected chi connectivity index (χ3v) is 5.34. The lowest BCUT2D eigenvalue weighted by molar-refractivity contribution is 0.479. The molecule has 1 aromatic carbocycles. The predicted molar refractivity (Wildman–Crippen MR) is 83.0 cm³/mol. The van der Waals surface area contributed by atoms with Crippen molar-refractivity contribution in [1.82, 2.24) is 8.96 Å². The standard InChI is InChI=1S/C16H15FN2O2S/c1-11-3-5-13(6-4-11)22(20,21)19-10-12(2)16-14(9-17)18-8-7-15(16)19/h3-8,10H,9H2,1-2H3. The van der Waals surface area contributed by atoms with Crippen LogP contribution in [-0.4, -0.2) is 17.4 Å². The van der Waals surface area contributed by atoms with Gasteiger partial charge in [-0.1, -0.05) is 17.7 Å². The summed E-state index contributed by atoms with van der Waals surface area (Å²) in [7, 11) is -3.72. The molecule has 0 atom stereocenters. The number of fused-ring (bicyclic) bond motifs is 1. The van der Waals surface area contributed by atoms with E-state index in [4.69, 9.17) is 0 Å². The number of pyridine rings is 1. The smallest absolute Gasteiger partial charge is 0.258 e. The van der Waals surface area contributed by atoms with E-state index in [1.165, 1.54) is 16.4 Å². The molecule has 2 aromatic heterocycles. The molecule has 0 saturated heterocycles. The molecule has 6 heteroatoms. The normalized spacial score (nSPS) is 12.0. The summed E-state index contributed by atoms with van der Waals surface area (Å²) < 4.78 is 39.9. The minimum absolute atomic E-state index is 0.202. The molecule has 2 heterocycles. The van der Waals surface area contributed by atoms with E-state index in [2.05, 4.69) is 4.98 Å². The second-order valence-corrected chi connectivity index (χ2v) is 7.03. The third-order valence-electron chi connectivity index (χ3n) is 3.65. The van der Waals surface area contributed by atoms with Gasteiger partial charge in [0, 0.05) is 17.8 Å². The lowest BCUT2D eigenvalue weighted by atomic mass is 10.2. The zero-order valence-electron chi connectivity index (χ0n) is 12.2. The summed E-state index contributed by atoms with van der Waals surface area (Å²) in [5.74, 6) is 0. The summed E-state index contributed by atoms with van der Waals surface area (Å²) in [5, 5.41) is 0.556. The zero-order valence-corrected chi connectivity index (χ0v) is 13.1. The summed E-state index contributed by atoms with van der Waals surface area (Å²) in [6, 6.07) is 8.24. The number of halogens is 1. The Balaban J connectivity index is 2.28. The van der Waals surface area contributed by atoms with Gasteiger partial charge in [0.15, 0.2) is 0 Å². The highest BCUT2D eigenvalue weighted by atomic mass is 32.2. The Morgan fingerprint density at radius 2 is 1.82 bits per heavy atom. The maximum Gasteiger partial charge on any atom is 0.268 e. The molecule has 3 rings (SSSR count). The van der Waals surface area contributed by atoms with E-state index in [-0.39, 0.29) is 10.6 Å². The maximum atomic E-state index is 13.1. The van der Waals surface area contributed by atoms with Crippen LogP contribution in [0.15, 0.2) is 47.6 Å². The molecule has 22 heavy (non-hydrogen) atoms. The Bertz CT molecular complexity index is 944. The highest BCUT2D eigenvalue weighted by Crippen LogP contribution is 2.27. The molecule has 0 unspecified atom stereocenters. The summed E-state index contributed by atoms with van der Waals surface area (Å²) in [4.78, 5) is 4.19. The number of hydrogen-bond acceptors (Lipinski definition) is 3. The Hall–Kier alpha value is -2.21. The second-order valence-electron chi connectivity index (χ2n) is 5.21. The number of hydrogen-bond donors (Lipinski definition) is 0. The number of aromatic nitrogens is 2. The average molecular weight is 318 g/mol. The van der Waals surface area contributed by atoms with Gasteiger partial charge < -0.3 is 0 Å². The van der Waals surface area contributed by atoms with Crippen LogP contribution in [0.4, 0.5) is 4.39 Å². The molecule has 0 N–H and O–H groups in total. The highest BCUT2D eigenvalue weighted by Gasteiger charge is 2.21. The molecule has 4 nitrogen and oxygen atoms in total. The molecule has 0 fully saturated rings. The van der Waals surface area contributed by atoms with Crippen LogP contribution < -0.4 is 0 Å². The second kappa shape index (κ2) is 5.21. The fourth-order valence-electron chi connectivity index (χ4n) is 2.54. The van der Waals surface area contributed by atoms with Crippen molar-refractivity contribution < 1.29 is 12.8 Å². The predicted octanol–water partition coefficient (Wildman–Crippen LogP) is 3.36. The number of nitrogens with zero attached hydrogens (tertiary/aromatic N) is 2. The van der Waals surface area contributed by atoms with Crippen molar-refractivity contribution in [2.24, 2.45) is 0 Å². The first-order valence-electron chi connectivity index (χ1n) is 6.79. The van der Waals surface area contributed by atoms with Crippen molar-refractivity contribution >= 4 is 20.9 Å². The SMILES string of the molecule is Cc1ccc(S(=O)(=O)n2cc(C)c3c(CF)nccc32)cc1. The van der Waals surface area contributed by atoms with Crippen LogP contribution in [0.1, 0.15) is 16.8 Å². The quantitative estimate of drug-likeness (QED) is 0.744. The Kier molecular flexibility index (Phi) is 3.48. The molecule has 0 aliphatic heterocycles. The summed E-state index contributed by atoms with van der Waals surface area (Å²) in [6.45, 7) is 2.92. The Morgan fingerprint density at radius 3 is 2.45 bits per heavy atom. The van der Waals surface area contributed by atoms with Gasteiger partial charge >= 0.3 is 0 Å². The summed E-state index contributed by atoms with van der Waals surface area (Å²) in [6.07, 6.45) is 2.94. The van der Waals surface area contributed by atoms with Gasteiger partial charge in [-0.3, -0.25) is 4.98 Å². The summed E-state index contributed by atoms with van der Waals surface area (Å²) in [5.41, 5.74) is 2.37. The van der Waals surface area contributed by atoms with Gasteiger partial charge in [-0.2, -0.15) is 0 Å². The molecule has 0 amide bonds. The number of benzene rings is 1. The molecular formula is C16H15FN2O2S. The van der Waals surface area contributed by atoms with Crippen molar-refractivity contribution in [1.29, 1.82) is 0 Å². The Morgan fingerprint density at radius 1 is 1.14 bits per heavy atom. The zero-order chi connectivity index (χ0) is 15.9. The molecule has 114 valence electrons. The minimum Gasteiger partial charge on any atom is -0.258 e. The van der Waals surface area contributed by atoms with E-state index in [9.17, 15) is 12.8 Å². The van der Waals surface area contributed by atoms with E-state index in [1.807, 2.05) is 6.92 Å². The van der Waals surface area contributed by atoms with Crippen LogP contribution in [0.5, 0.6) is 0 Å². The number of alkyl halides is 1. The van der Waals surface area contributed by atoms with E-state index in [0.29, 0.717) is 16.5 Å². The van der Waals surface area contributed by atoms with Crippen LogP contribution in [0.3, 0.4) is 0 Å². The largest absolute Gasteiger partial charge is 0.268 e. The minimum atomic E-state index is -3.72. The van der Waals surface area contributed by atoms with Crippen LogP contribution in [0, 0.1) is 13.8 Å². The van der Waals surface area contributed by atoms with Gasteiger partial charge in [-0.25, -0.2) is 16.8 Å². The van der Waals surface area contributed by atoms with E-state index >= 15 is 0 Å². The lowest BCUT2D eigenvalue weighted by Crippen LogP contribution is -2.11. The third kappa shape index (κ3) is 2.20. The Labute approximate surface area is 128 Å². The van der Waals surface area contributed by atoms with Gasteiger partial charge in [0.25, 0.3) is 10.0 Å². The topological polar surface area (TPSA) is 52.0 Å². The van der Waals surface area contributed by atoms with Crippen molar-refractivity contribution in [3.8, 4) is 0 Å².